The summed E-state index contributed by atoms with van der Waals surface area (Å²) in [5.41, 5.74) is 1.26. The topological polar surface area (TPSA) is 38.3 Å². The van der Waals surface area contributed by atoms with Crippen LogP contribution in [0, 0.1) is 0 Å². The molecule has 1 amide bonds. The molecule has 1 rings (SSSR count). The van der Waals surface area contributed by atoms with E-state index in [0.717, 1.165) is 16.1 Å². The van der Waals surface area contributed by atoms with Crippen molar-refractivity contribution in [2.45, 2.75) is 33.3 Å². The summed E-state index contributed by atoms with van der Waals surface area (Å²) in [6.45, 7) is 11.3. The first-order valence-corrected chi connectivity index (χ1v) is 5.90. The van der Waals surface area contributed by atoms with Gasteiger partial charge in [0.05, 0.1) is 5.69 Å². The van der Waals surface area contributed by atoms with E-state index in [1.807, 2.05) is 39.1 Å². The molecule has 16 heavy (non-hydrogen) atoms. The smallest absolute Gasteiger partial charge is 0.412 e. The van der Waals surface area contributed by atoms with Crippen LogP contribution in [-0.4, -0.2) is 11.7 Å². The zero-order valence-electron chi connectivity index (χ0n) is 10.1. The van der Waals surface area contributed by atoms with Gasteiger partial charge in [0.2, 0.25) is 0 Å². The Labute approximate surface area is 100 Å². The molecule has 0 atom stereocenters. The van der Waals surface area contributed by atoms with E-state index in [-0.39, 0.29) is 0 Å². The molecule has 0 saturated heterocycles. The number of ether oxygens (including phenoxy) is 1. The van der Waals surface area contributed by atoms with Crippen molar-refractivity contribution >= 4 is 28.7 Å². The van der Waals surface area contributed by atoms with Gasteiger partial charge in [0, 0.05) is 10.3 Å². The lowest BCUT2D eigenvalue weighted by molar-refractivity contribution is 0.0636. The van der Waals surface area contributed by atoms with Crippen molar-refractivity contribution in [1.82, 2.24) is 0 Å². The van der Waals surface area contributed by atoms with E-state index < -0.39 is 11.7 Å². The van der Waals surface area contributed by atoms with Crippen LogP contribution >= 0.6 is 11.3 Å². The Morgan fingerprint density at radius 2 is 2.12 bits per heavy atom. The molecule has 0 aliphatic carbocycles. The van der Waals surface area contributed by atoms with E-state index in [9.17, 15) is 4.79 Å². The fraction of sp³-hybridized carbons (Fsp3) is 0.417. The Balaban J connectivity index is 2.60. The summed E-state index contributed by atoms with van der Waals surface area (Å²) in [7, 11) is 0. The third kappa shape index (κ3) is 4.06. The number of anilines is 1. The highest BCUT2D eigenvalue weighted by atomic mass is 32.1. The van der Waals surface area contributed by atoms with Gasteiger partial charge in [0.1, 0.15) is 5.60 Å². The summed E-state index contributed by atoms with van der Waals surface area (Å²) in [6.07, 6.45) is -0.432. The first-order chi connectivity index (χ1) is 7.28. The molecule has 0 aromatic carbocycles. The third-order valence-corrected chi connectivity index (χ3v) is 2.76. The van der Waals surface area contributed by atoms with Gasteiger partial charge in [-0.15, -0.1) is 11.3 Å². The Bertz CT molecular complexity index is 401. The summed E-state index contributed by atoms with van der Waals surface area (Å²) in [4.78, 5) is 12.5. The number of hydrogen-bond acceptors (Lipinski definition) is 3. The van der Waals surface area contributed by atoms with Gasteiger partial charge in [0.25, 0.3) is 0 Å². The first-order valence-electron chi connectivity index (χ1n) is 5.02. The second-order valence-corrected chi connectivity index (χ2v) is 5.52. The van der Waals surface area contributed by atoms with E-state index in [2.05, 4.69) is 11.9 Å². The molecule has 3 nitrogen and oxygen atoms in total. The second kappa shape index (κ2) is 4.70. The summed E-state index contributed by atoms with van der Waals surface area (Å²) in [6, 6.07) is 1.89. The maximum Gasteiger partial charge on any atom is 0.412 e. The lowest BCUT2D eigenvalue weighted by atomic mass is 10.2. The third-order valence-electron chi connectivity index (χ3n) is 1.67. The summed E-state index contributed by atoms with van der Waals surface area (Å²) in [5, 5.41) is 4.55. The molecule has 0 spiro atoms. The minimum absolute atomic E-state index is 0.432. The predicted octanol–water partition coefficient (Wildman–Crippen LogP) is 4.13. The molecule has 88 valence electrons. The monoisotopic (exact) mass is 239 g/mol. The van der Waals surface area contributed by atoms with E-state index >= 15 is 0 Å². The van der Waals surface area contributed by atoms with Crippen LogP contribution < -0.4 is 5.32 Å². The van der Waals surface area contributed by atoms with E-state index in [4.69, 9.17) is 4.74 Å². The van der Waals surface area contributed by atoms with Crippen LogP contribution in [0.1, 0.15) is 32.6 Å². The predicted molar refractivity (Wildman–Crippen MR) is 68.9 cm³/mol. The second-order valence-electron chi connectivity index (χ2n) is 4.61. The summed E-state index contributed by atoms with van der Waals surface area (Å²) in [5.74, 6) is 0. The highest BCUT2D eigenvalue weighted by Gasteiger charge is 2.16. The van der Waals surface area contributed by atoms with Gasteiger partial charge in [-0.25, -0.2) is 4.79 Å². The Morgan fingerprint density at radius 3 is 2.56 bits per heavy atom. The van der Waals surface area contributed by atoms with Gasteiger partial charge in [-0.1, -0.05) is 6.58 Å². The van der Waals surface area contributed by atoms with Crippen molar-refractivity contribution < 1.29 is 9.53 Å². The zero-order valence-corrected chi connectivity index (χ0v) is 10.9. The van der Waals surface area contributed by atoms with Crippen LogP contribution in [-0.2, 0) is 4.74 Å². The molecular weight excluding hydrogens is 222 g/mol. The standard InChI is InChI=1S/C12H17NO2S/c1-8(2)10-6-9(7-16-10)13-11(14)15-12(3,4)5/h6-7H,1H2,2-5H3,(H,13,14). The van der Waals surface area contributed by atoms with Gasteiger partial charge < -0.3 is 4.74 Å². The SMILES string of the molecule is C=C(C)c1cc(NC(=O)OC(C)(C)C)cs1. The minimum Gasteiger partial charge on any atom is -0.444 e. The Hall–Kier alpha value is -1.29. The highest BCUT2D eigenvalue weighted by Crippen LogP contribution is 2.25. The lowest BCUT2D eigenvalue weighted by Gasteiger charge is -2.19. The van der Waals surface area contributed by atoms with Crippen molar-refractivity contribution in [3.05, 3.63) is 22.9 Å². The molecule has 0 aliphatic rings. The molecule has 0 fully saturated rings. The number of carbonyl (C=O) groups excluding carboxylic acids is 1. The van der Waals surface area contributed by atoms with Gasteiger partial charge >= 0.3 is 6.09 Å². The maximum atomic E-state index is 11.5. The quantitative estimate of drug-likeness (QED) is 0.842. The molecule has 0 radical (unpaired) electrons. The number of nitrogens with one attached hydrogen (secondary N) is 1. The number of carbonyl (C=O) groups is 1. The number of thiophene rings is 1. The fourth-order valence-electron chi connectivity index (χ4n) is 1.05. The van der Waals surface area contributed by atoms with E-state index in [0.29, 0.717) is 0 Å². The van der Waals surface area contributed by atoms with Gasteiger partial charge in [-0.05, 0) is 39.3 Å². The Kier molecular flexibility index (Phi) is 3.75. The zero-order chi connectivity index (χ0) is 12.3. The first kappa shape index (κ1) is 12.8. The molecule has 1 aromatic rings. The van der Waals surface area contributed by atoms with Crippen LogP contribution in [0.25, 0.3) is 5.57 Å². The van der Waals surface area contributed by atoms with Crippen LogP contribution in [0.4, 0.5) is 10.5 Å². The number of hydrogen-bond donors (Lipinski definition) is 1. The normalized spacial score (nSPS) is 11.0. The van der Waals surface area contributed by atoms with E-state index in [1.165, 1.54) is 0 Å². The molecule has 4 heteroatoms. The van der Waals surface area contributed by atoms with Crippen LogP contribution in [0.3, 0.4) is 0 Å². The molecule has 0 bridgehead atoms. The molecule has 1 N–H and O–H groups in total. The number of rotatable bonds is 2. The van der Waals surface area contributed by atoms with Crippen molar-refractivity contribution in [2.24, 2.45) is 0 Å². The molecule has 1 heterocycles. The largest absolute Gasteiger partial charge is 0.444 e. The average molecular weight is 239 g/mol. The van der Waals surface area contributed by atoms with E-state index in [1.54, 1.807) is 11.3 Å². The molecule has 1 aromatic heterocycles. The molecule has 0 saturated carbocycles. The highest BCUT2D eigenvalue weighted by molar-refractivity contribution is 7.11. The minimum atomic E-state index is -0.475. The Morgan fingerprint density at radius 1 is 1.50 bits per heavy atom. The van der Waals surface area contributed by atoms with Crippen molar-refractivity contribution in [1.29, 1.82) is 0 Å². The summed E-state index contributed by atoms with van der Waals surface area (Å²) < 4.78 is 5.14. The average Bonchev–Trinajstić information content (AvgIpc) is 2.48. The van der Waals surface area contributed by atoms with Gasteiger partial charge in [-0.2, -0.15) is 0 Å². The molecule has 0 aliphatic heterocycles. The molecule has 0 unspecified atom stereocenters. The van der Waals surface area contributed by atoms with Crippen molar-refractivity contribution in [3.63, 3.8) is 0 Å². The number of allylic oxidation sites excluding steroid dienone is 1. The van der Waals surface area contributed by atoms with Crippen molar-refractivity contribution in [3.8, 4) is 0 Å². The summed E-state index contributed by atoms with van der Waals surface area (Å²) >= 11 is 1.55. The van der Waals surface area contributed by atoms with Crippen LogP contribution in [0.2, 0.25) is 0 Å². The van der Waals surface area contributed by atoms with Crippen LogP contribution in [0.15, 0.2) is 18.0 Å². The van der Waals surface area contributed by atoms with Gasteiger partial charge in [0.15, 0.2) is 0 Å². The van der Waals surface area contributed by atoms with Crippen molar-refractivity contribution in [2.75, 3.05) is 5.32 Å². The van der Waals surface area contributed by atoms with Crippen LogP contribution in [0.5, 0.6) is 0 Å². The maximum absolute atomic E-state index is 11.5. The number of amides is 1. The lowest BCUT2D eigenvalue weighted by Crippen LogP contribution is -2.27. The fourth-order valence-corrected chi connectivity index (χ4v) is 1.82. The van der Waals surface area contributed by atoms with Gasteiger partial charge in [-0.3, -0.25) is 5.32 Å². The molecular formula is C12H17NO2S.